The second kappa shape index (κ2) is 9.16. The minimum atomic E-state index is -0.247. The molecule has 2 atom stereocenters. The zero-order valence-corrected chi connectivity index (χ0v) is 17.1. The van der Waals surface area contributed by atoms with Crippen molar-refractivity contribution in [2.45, 2.75) is 39.2 Å². The number of nitrogens with one attached hydrogen (secondary N) is 2. The van der Waals surface area contributed by atoms with E-state index in [9.17, 15) is 4.79 Å². The smallest absolute Gasteiger partial charge is 0.291 e. The molecule has 2 aliphatic rings. The fourth-order valence-electron chi connectivity index (χ4n) is 4.52. The van der Waals surface area contributed by atoms with E-state index in [2.05, 4.69) is 22.5 Å². The van der Waals surface area contributed by atoms with Crippen molar-refractivity contribution in [3.63, 3.8) is 0 Å². The van der Waals surface area contributed by atoms with Gasteiger partial charge in [0.1, 0.15) is 0 Å². The van der Waals surface area contributed by atoms with Crippen LogP contribution in [0.5, 0.6) is 0 Å². The maximum atomic E-state index is 12.2. The number of carbonyl (C=O) groups is 1. The van der Waals surface area contributed by atoms with Crippen LogP contribution >= 0.6 is 0 Å². The summed E-state index contributed by atoms with van der Waals surface area (Å²) in [6.07, 6.45) is 6.96. The fourth-order valence-corrected chi connectivity index (χ4v) is 4.52. The Kier molecular flexibility index (Phi) is 6.17. The number of anilines is 1. The van der Waals surface area contributed by atoms with Gasteiger partial charge in [-0.25, -0.2) is 4.99 Å². The van der Waals surface area contributed by atoms with Gasteiger partial charge in [0.25, 0.3) is 5.91 Å². The Hall–Kier alpha value is -2.76. The lowest BCUT2D eigenvalue weighted by Crippen LogP contribution is -2.40. The Morgan fingerprint density at radius 2 is 1.97 bits per heavy atom. The van der Waals surface area contributed by atoms with Gasteiger partial charge in [-0.1, -0.05) is 25.0 Å². The van der Waals surface area contributed by atoms with Gasteiger partial charge in [0.15, 0.2) is 11.7 Å². The molecule has 2 heterocycles. The van der Waals surface area contributed by atoms with Crippen LogP contribution in [0.4, 0.5) is 5.69 Å². The third-order valence-electron chi connectivity index (χ3n) is 5.95. The van der Waals surface area contributed by atoms with Gasteiger partial charge >= 0.3 is 0 Å². The topological polar surface area (TPSA) is 69.9 Å². The molecule has 1 aliphatic carbocycles. The van der Waals surface area contributed by atoms with E-state index in [1.807, 2.05) is 24.3 Å². The summed E-state index contributed by atoms with van der Waals surface area (Å²) in [4.78, 5) is 19.5. The number of furan rings is 1. The molecule has 2 N–H and O–H groups in total. The van der Waals surface area contributed by atoms with Crippen LogP contribution in [0.15, 0.2) is 52.1 Å². The lowest BCUT2D eigenvalue weighted by atomic mass is 9.82. The molecule has 2 fully saturated rings. The molecule has 1 aromatic heterocycles. The molecule has 1 aliphatic heterocycles. The molecule has 6 heteroatoms. The van der Waals surface area contributed by atoms with Crippen LogP contribution in [0, 0.1) is 11.8 Å². The molecule has 1 aromatic carbocycles. The zero-order chi connectivity index (χ0) is 20.1. The minimum absolute atomic E-state index is 0.247. The van der Waals surface area contributed by atoms with E-state index in [0.717, 1.165) is 48.7 Å². The van der Waals surface area contributed by atoms with Crippen LogP contribution in [-0.4, -0.2) is 36.4 Å². The van der Waals surface area contributed by atoms with Crippen molar-refractivity contribution in [3.8, 4) is 0 Å². The summed E-state index contributed by atoms with van der Waals surface area (Å²) < 4.78 is 5.15. The number of carbonyl (C=O) groups excluding carboxylic acids is 1. The van der Waals surface area contributed by atoms with Gasteiger partial charge < -0.3 is 20.0 Å². The average Bonchev–Trinajstić information content (AvgIpc) is 3.41. The molecule has 154 valence electrons. The van der Waals surface area contributed by atoms with E-state index in [1.54, 1.807) is 12.1 Å². The quantitative estimate of drug-likeness (QED) is 0.591. The van der Waals surface area contributed by atoms with Gasteiger partial charge in [-0.2, -0.15) is 0 Å². The fraction of sp³-hybridized carbons (Fsp3) is 0.478. The first-order chi connectivity index (χ1) is 14.2. The SMILES string of the molecule is CCNC(=NCc1cccc(NC(=O)c2ccco2)c1)N1CC2CCCCC2C1. The molecule has 2 aromatic rings. The minimum Gasteiger partial charge on any atom is -0.459 e. The van der Waals surface area contributed by atoms with E-state index in [4.69, 9.17) is 9.41 Å². The van der Waals surface area contributed by atoms with Crippen molar-refractivity contribution in [1.82, 2.24) is 10.2 Å². The number of guanidine groups is 1. The van der Waals surface area contributed by atoms with Gasteiger partial charge in [-0.05, 0) is 61.4 Å². The highest BCUT2D eigenvalue weighted by molar-refractivity contribution is 6.02. The molecule has 6 nitrogen and oxygen atoms in total. The Morgan fingerprint density at radius 3 is 2.66 bits per heavy atom. The molecule has 1 saturated heterocycles. The maximum Gasteiger partial charge on any atom is 0.291 e. The second-order valence-corrected chi connectivity index (χ2v) is 8.01. The van der Waals surface area contributed by atoms with Crippen LogP contribution in [-0.2, 0) is 6.54 Å². The number of rotatable bonds is 5. The van der Waals surface area contributed by atoms with Crippen LogP contribution in [0.25, 0.3) is 0 Å². The lowest BCUT2D eigenvalue weighted by molar-refractivity contribution is 0.0996. The second-order valence-electron chi connectivity index (χ2n) is 8.01. The lowest BCUT2D eigenvalue weighted by Gasteiger charge is -2.22. The summed E-state index contributed by atoms with van der Waals surface area (Å²) in [5, 5.41) is 6.34. The maximum absolute atomic E-state index is 12.2. The number of likely N-dealkylation sites (tertiary alicyclic amines) is 1. The van der Waals surface area contributed by atoms with Crippen LogP contribution < -0.4 is 10.6 Å². The van der Waals surface area contributed by atoms with Crippen molar-refractivity contribution >= 4 is 17.6 Å². The Bertz CT molecular complexity index is 832. The number of fused-ring (bicyclic) bond motifs is 1. The van der Waals surface area contributed by atoms with Crippen LogP contribution in [0.2, 0.25) is 0 Å². The molecular formula is C23H30N4O2. The normalized spacial score (nSPS) is 21.7. The monoisotopic (exact) mass is 394 g/mol. The van der Waals surface area contributed by atoms with Crippen molar-refractivity contribution < 1.29 is 9.21 Å². The first kappa shape index (κ1) is 19.6. The molecule has 1 amide bonds. The van der Waals surface area contributed by atoms with E-state index in [1.165, 1.54) is 31.9 Å². The summed E-state index contributed by atoms with van der Waals surface area (Å²) in [6.45, 7) is 5.80. The summed E-state index contributed by atoms with van der Waals surface area (Å²) in [6, 6.07) is 11.2. The third-order valence-corrected chi connectivity index (χ3v) is 5.95. The standard InChI is InChI=1S/C23H30N4O2/c1-2-24-23(27-15-18-8-3-4-9-19(18)16-27)25-14-17-7-5-10-20(13-17)26-22(28)21-11-6-12-29-21/h5-7,10-13,18-19H,2-4,8-9,14-16H2,1H3,(H,24,25)(H,26,28). The average molecular weight is 395 g/mol. The highest BCUT2D eigenvalue weighted by atomic mass is 16.3. The Balaban J connectivity index is 1.41. The Labute approximate surface area is 172 Å². The van der Waals surface area contributed by atoms with Crippen molar-refractivity contribution in [3.05, 3.63) is 54.0 Å². The van der Waals surface area contributed by atoms with Crippen molar-refractivity contribution in [2.75, 3.05) is 25.0 Å². The number of hydrogen-bond acceptors (Lipinski definition) is 3. The number of amides is 1. The van der Waals surface area contributed by atoms with Crippen molar-refractivity contribution in [2.24, 2.45) is 16.8 Å². The highest BCUT2D eigenvalue weighted by Crippen LogP contribution is 2.36. The molecular weight excluding hydrogens is 364 g/mol. The summed E-state index contributed by atoms with van der Waals surface area (Å²) in [7, 11) is 0. The predicted octanol–water partition coefficient (Wildman–Crippen LogP) is 4.12. The van der Waals surface area contributed by atoms with E-state index in [0.29, 0.717) is 12.3 Å². The summed E-state index contributed by atoms with van der Waals surface area (Å²) >= 11 is 0. The Morgan fingerprint density at radius 1 is 1.17 bits per heavy atom. The zero-order valence-electron chi connectivity index (χ0n) is 17.1. The summed E-state index contributed by atoms with van der Waals surface area (Å²) in [5.74, 6) is 2.72. The van der Waals surface area contributed by atoms with Gasteiger partial charge in [-0.15, -0.1) is 0 Å². The highest BCUT2D eigenvalue weighted by Gasteiger charge is 2.35. The molecule has 1 saturated carbocycles. The van der Waals surface area contributed by atoms with Gasteiger partial charge in [-0.3, -0.25) is 4.79 Å². The first-order valence-electron chi connectivity index (χ1n) is 10.7. The predicted molar refractivity (Wildman–Crippen MR) is 115 cm³/mol. The molecule has 0 radical (unpaired) electrons. The van der Waals surface area contributed by atoms with Crippen molar-refractivity contribution in [1.29, 1.82) is 0 Å². The third kappa shape index (κ3) is 4.81. The number of hydrogen-bond donors (Lipinski definition) is 2. The molecule has 4 rings (SSSR count). The van der Waals surface area contributed by atoms with Crippen LogP contribution in [0.3, 0.4) is 0 Å². The number of benzene rings is 1. The molecule has 0 bridgehead atoms. The van der Waals surface area contributed by atoms with E-state index >= 15 is 0 Å². The molecule has 0 spiro atoms. The van der Waals surface area contributed by atoms with E-state index in [-0.39, 0.29) is 5.91 Å². The largest absolute Gasteiger partial charge is 0.459 e. The number of aliphatic imine (C=N–C) groups is 1. The summed E-state index contributed by atoms with van der Waals surface area (Å²) in [5.41, 5.74) is 1.81. The van der Waals surface area contributed by atoms with Crippen LogP contribution in [0.1, 0.15) is 48.7 Å². The van der Waals surface area contributed by atoms with Gasteiger partial charge in [0, 0.05) is 25.3 Å². The van der Waals surface area contributed by atoms with E-state index < -0.39 is 0 Å². The molecule has 2 unspecified atom stereocenters. The number of nitrogens with zero attached hydrogens (tertiary/aromatic N) is 2. The van der Waals surface area contributed by atoms with Gasteiger partial charge in [0.2, 0.25) is 0 Å². The first-order valence-corrected chi connectivity index (χ1v) is 10.7. The van der Waals surface area contributed by atoms with Gasteiger partial charge in [0.05, 0.1) is 12.8 Å². The molecule has 29 heavy (non-hydrogen) atoms.